The monoisotopic (exact) mass is 197 g/mol. The fraction of sp³-hybridized carbons (Fsp3) is 0.0769. The minimum absolute atomic E-state index is 0.545. The molecule has 0 aliphatic carbocycles. The molecule has 2 aromatic carbocycles. The van der Waals surface area contributed by atoms with E-state index in [2.05, 4.69) is 67.2 Å². The molecule has 14 heavy (non-hydrogen) atoms. The second-order valence-electron chi connectivity index (χ2n) is 3.36. The van der Waals surface area contributed by atoms with Crippen LogP contribution in [0.5, 0.6) is 0 Å². The van der Waals surface area contributed by atoms with E-state index in [1.807, 2.05) is 0 Å². The summed E-state index contributed by atoms with van der Waals surface area (Å²) < 4.78 is 0. The van der Waals surface area contributed by atoms with Gasteiger partial charge in [0, 0.05) is 0 Å². The zero-order chi connectivity index (χ0) is 9.80. The second-order valence-corrected chi connectivity index (χ2v) is 5.76. The summed E-state index contributed by atoms with van der Waals surface area (Å²) in [4.78, 5) is 0. The molecular weight excluding hydrogens is 184 g/mol. The predicted octanol–water partition coefficient (Wildman–Crippen LogP) is 1.93. The van der Waals surface area contributed by atoms with Crippen molar-refractivity contribution in [3.05, 3.63) is 60.7 Å². The quantitative estimate of drug-likeness (QED) is 0.645. The van der Waals surface area contributed by atoms with Crippen LogP contribution in [0, 0.1) is 0 Å². The molecule has 0 aromatic heterocycles. The minimum Gasteiger partial charge on any atom is -0.0621 e. The van der Waals surface area contributed by atoms with E-state index in [0.29, 0.717) is 0 Å². The van der Waals surface area contributed by atoms with E-state index >= 15 is 0 Å². The van der Waals surface area contributed by atoms with E-state index in [1.165, 1.54) is 10.4 Å². The van der Waals surface area contributed by atoms with Crippen LogP contribution in [0.15, 0.2) is 60.7 Å². The van der Waals surface area contributed by atoms with E-state index < -0.39 is 8.80 Å². The first-order chi connectivity index (χ1) is 6.88. The highest BCUT2D eigenvalue weighted by molar-refractivity contribution is 6.84. The molecule has 0 bridgehead atoms. The molecule has 0 spiro atoms. The molecule has 0 amide bonds. The molecule has 0 atom stereocenters. The number of hydrogen-bond donors (Lipinski definition) is 0. The number of rotatable bonds is 2. The molecule has 0 fully saturated rings. The Balaban J connectivity index is 2.30. The van der Waals surface area contributed by atoms with Crippen molar-refractivity contribution < 1.29 is 0 Å². The average Bonchev–Trinajstić information content (AvgIpc) is 2.30. The van der Waals surface area contributed by atoms with E-state index in [9.17, 15) is 0 Å². The first-order valence-corrected chi connectivity index (χ1v) is 6.82. The summed E-state index contributed by atoms with van der Waals surface area (Å²) >= 11 is 0. The van der Waals surface area contributed by atoms with Gasteiger partial charge in [0.15, 0.2) is 0 Å². The third-order valence-corrected chi connectivity index (χ3v) is 4.81. The Morgan fingerprint density at radius 3 is 1.36 bits per heavy atom. The zero-order valence-corrected chi connectivity index (χ0v) is 9.27. The lowest BCUT2D eigenvalue weighted by atomic mass is 10.4. The maximum absolute atomic E-state index is 2.34. The molecule has 0 radical (unpaired) electrons. The average molecular weight is 197 g/mol. The first-order valence-electron chi connectivity index (χ1n) is 4.82. The van der Waals surface area contributed by atoms with Gasteiger partial charge in [0.1, 0.15) is 10.4 Å². The van der Waals surface area contributed by atoms with Crippen molar-refractivity contribution in [1.29, 1.82) is 0 Å². The van der Waals surface area contributed by atoms with Crippen LogP contribution >= 0.6 is 0 Å². The maximum Gasteiger partial charge on any atom is 0.387 e. The minimum atomic E-state index is -0.545. The molecule has 0 nitrogen and oxygen atoms in total. The summed E-state index contributed by atoms with van der Waals surface area (Å²) in [6.07, 6.45) is 0. The lowest BCUT2D eigenvalue weighted by Crippen LogP contribution is -2.38. The number of hydrogen-bond acceptors (Lipinski definition) is 0. The van der Waals surface area contributed by atoms with Gasteiger partial charge in [-0.05, 0) is 24.3 Å². The van der Waals surface area contributed by atoms with Crippen molar-refractivity contribution in [2.75, 3.05) is 0 Å². The van der Waals surface area contributed by atoms with Gasteiger partial charge in [-0.2, -0.15) is 0 Å². The third kappa shape index (κ3) is 1.94. The third-order valence-electron chi connectivity index (χ3n) is 2.41. The van der Waals surface area contributed by atoms with E-state index in [0.717, 1.165) is 0 Å². The first kappa shape index (κ1) is 9.22. The van der Waals surface area contributed by atoms with Crippen molar-refractivity contribution in [1.82, 2.24) is 0 Å². The van der Waals surface area contributed by atoms with Gasteiger partial charge in [0.25, 0.3) is 0 Å². The Morgan fingerprint density at radius 1 is 0.643 bits per heavy atom. The van der Waals surface area contributed by atoms with Crippen LogP contribution in [0.3, 0.4) is 0 Å². The fourth-order valence-corrected chi connectivity index (χ4v) is 3.26. The molecule has 0 aliphatic rings. The highest BCUT2D eigenvalue weighted by Crippen LogP contribution is 1.91. The van der Waals surface area contributed by atoms with Crippen LogP contribution < -0.4 is 10.4 Å². The SMILES string of the molecule is C[Si+](c1ccccc1)c1ccccc1. The lowest BCUT2D eigenvalue weighted by Gasteiger charge is -1.95. The summed E-state index contributed by atoms with van der Waals surface area (Å²) in [7, 11) is -0.545. The molecule has 0 saturated heterocycles. The summed E-state index contributed by atoms with van der Waals surface area (Å²) in [6.45, 7) is 2.34. The van der Waals surface area contributed by atoms with Crippen LogP contribution in [0.4, 0.5) is 0 Å². The largest absolute Gasteiger partial charge is 0.387 e. The molecule has 68 valence electrons. The standard InChI is InChI=1S/C13H13Si/c1-14(12-8-4-2-5-9-12)13-10-6-3-7-11-13/h2-11H,1H3/q+1. The summed E-state index contributed by atoms with van der Waals surface area (Å²) in [5.41, 5.74) is 0. The fourth-order valence-electron chi connectivity index (χ4n) is 1.54. The Labute approximate surface area is 86.8 Å². The molecule has 0 unspecified atom stereocenters. The van der Waals surface area contributed by atoms with Crippen LogP contribution in [0.2, 0.25) is 6.55 Å². The molecule has 2 rings (SSSR count). The summed E-state index contributed by atoms with van der Waals surface area (Å²) in [5.74, 6) is 0. The van der Waals surface area contributed by atoms with Gasteiger partial charge >= 0.3 is 8.80 Å². The number of benzene rings is 2. The Morgan fingerprint density at radius 2 is 1.00 bits per heavy atom. The summed E-state index contributed by atoms with van der Waals surface area (Å²) in [6, 6.07) is 21.5. The van der Waals surface area contributed by atoms with E-state index in [1.54, 1.807) is 0 Å². The van der Waals surface area contributed by atoms with Gasteiger partial charge in [0.2, 0.25) is 0 Å². The molecule has 0 aliphatic heterocycles. The topological polar surface area (TPSA) is 0 Å². The van der Waals surface area contributed by atoms with Crippen LogP contribution in [0.25, 0.3) is 0 Å². The highest BCUT2D eigenvalue weighted by Gasteiger charge is 2.25. The molecule has 2 aromatic rings. The van der Waals surface area contributed by atoms with Gasteiger partial charge in [-0.15, -0.1) is 0 Å². The Kier molecular flexibility index (Phi) is 2.80. The van der Waals surface area contributed by atoms with Gasteiger partial charge in [0.05, 0.1) is 6.55 Å². The molecular formula is C13H13Si+. The van der Waals surface area contributed by atoms with Gasteiger partial charge < -0.3 is 0 Å². The smallest absolute Gasteiger partial charge is 0.0621 e. The Hall–Kier alpha value is -1.34. The second kappa shape index (κ2) is 4.25. The molecule has 0 heterocycles. The van der Waals surface area contributed by atoms with Crippen LogP contribution in [-0.4, -0.2) is 8.80 Å². The normalized spacial score (nSPS) is 9.79. The zero-order valence-electron chi connectivity index (χ0n) is 8.27. The van der Waals surface area contributed by atoms with Gasteiger partial charge in [-0.25, -0.2) is 0 Å². The van der Waals surface area contributed by atoms with E-state index in [-0.39, 0.29) is 0 Å². The lowest BCUT2D eigenvalue weighted by molar-refractivity contribution is 1.72. The Bertz CT molecular complexity index is 341. The summed E-state index contributed by atoms with van der Waals surface area (Å²) in [5, 5.41) is 2.95. The van der Waals surface area contributed by atoms with Crippen LogP contribution in [-0.2, 0) is 0 Å². The van der Waals surface area contributed by atoms with Crippen molar-refractivity contribution >= 4 is 19.2 Å². The molecule has 0 saturated carbocycles. The van der Waals surface area contributed by atoms with Crippen molar-refractivity contribution in [2.24, 2.45) is 0 Å². The van der Waals surface area contributed by atoms with Gasteiger partial charge in [-0.3, -0.25) is 0 Å². The predicted molar refractivity (Wildman–Crippen MR) is 63.8 cm³/mol. The van der Waals surface area contributed by atoms with E-state index in [4.69, 9.17) is 0 Å². The maximum atomic E-state index is 2.34. The highest BCUT2D eigenvalue weighted by atomic mass is 28.3. The van der Waals surface area contributed by atoms with Crippen molar-refractivity contribution in [2.45, 2.75) is 6.55 Å². The van der Waals surface area contributed by atoms with Crippen molar-refractivity contribution in [3.63, 3.8) is 0 Å². The molecule has 0 N–H and O–H groups in total. The van der Waals surface area contributed by atoms with Gasteiger partial charge in [-0.1, -0.05) is 36.4 Å². The van der Waals surface area contributed by atoms with Crippen LogP contribution in [0.1, 0.15) is 0 Å². The van der Waals surface area contributed by atoms with Crippen molar-refractivity contribution in [3.8, 4) is 0 Å². The molecule has 1 heteroatoms.